The quantitative estimate of drug-likeness (QED) is 0.815. The van der Waals surface area contributed by atoms with Gasteiger partial charge in [-0.1, -0.05) is 11.8 Å². The molecule has 1 heterocycles. The van der Waals surface area contributed by atoms with E-state index in [4.69, 9.17) is 19.3 Å². The van der Waals surface area contributed by atoms with Gasteiger partial charge in [-0.15, -0.1) is 0 Å². The molecule has 0 amide bonds. The minimum absolute atomic E-state index is 0.0774. The van der Waals surface area contributed by atoms with Crippen molar-refractivity contribution in [1.29, 1.82) is 0 Å². The highest BCUT2D eigenvalue weighted by Crippen LogP contribution is 2.19. The Kier molecular flexibility index (Phi) is 6.55. The fraction of sp³-hybridized carbons (Fsp3) is 0.529. The number of hydrogen-bond donors (Lipinski definition) is 1. The first-order valence-electron chi connectivity index (χ1n) is 7.29. The van der Waals surface area contributed by atoms with Gasteiger partial charge in [-0.2, -0.15) is 0 Å². The monoisotopic (exact) mass is 290 g/mol. The molecule has 1 atom stereocenters. The summed E-state index contributed by atoms with van der Waals surface area (Å²) in [5, 5.41) is 8.80. The van der Waals surface area contributed by atoms with Crippen LogP contribution in [-0.2, 0) is 16.1 Å². The maximum absolute atomic E-state index is 8.80. The first kappa shape index (κ1) is 15.8. The zero-order chi connectivity index (χ0) is 14.9. The minimum Gasteiger partial charge on any atom is -0.497 e. The molecule has 1 unspecified atom stereocenters. The van der Waals surface area contributed by atoms with Gasteiger partial charge in [0.15, 0.2) is 0 Å². The van der Waals surface area contributed by atoms with Gasteiger partial charge in [0.25, 0.3) is 0 Å². The number of aliphatic hydroxyl groups is 1. The van der Waals surface area contributed by atoms with E-state index in [1.807, 2.05) is 18.2 Å². The van der Waals surface area contributed by atoms with Crippen molar-refractivity contribution in [2.45, 2.75) is 32.0 Å². The molecule has 2 rings (SSSR count). The Morgan fingerprint density at radius 1 is 1.43 bits per heavy atom. The van der Waals surface area contributed by atoms with E-state index in [-0.39, 0.29) is 12.7 Å². The summed E-state index contributed by atoms with van der Waals surface area (Å²) in [6.45, 7) is 2.01. The lowest BCUT2D eigenvalue weighted by Gasteiger charge is -2.12. The Bertz CT molecular complexity index is 495. The molecular weight excluding hydrogens is 268 g/mol. The van der Waals surface area contributed by atoms with Crippen LogP contribution in [0, 0.1) is 11.8 Å². The zero-order valence-corrected chi connectivity index (χ0v) is 12.4. The van der Waals surface area contributed by atoms with Gasteiger partial charge in [-0.3, -0.25) is 0 Å². The van der Waals surface area contributed by atoms with Crippen LogP contribution in [0.15, 0.2) is 18.2 Å². The highest BCUT2D eigenvalue weighted by molar-refractivity contribution is 5.45. The lowest BCUT2D eigenvalue weighted by atomic mass is 10.1. The van der Waals surface area contributed by atoms with Crippen LogP contribution >= 0.6 is 0 Å². The van der Waals surface area contributed by atoms with E-state index in [9.17, 15) is 0 Å². The van der Waals surface area contributed by atoms with Crippen LogP contribution in [0.1, 0.15) is 30.4 Å². The van der Waals surface area contributed by atoms with Gasteiger partial charge < -0.3 is 19.3 Å². The molecular formula is C17H22O4. The van der Waals surface area contributed by atoms with Crippen molar-refractivity contribution in [2.75, 3.05) is 26.9 Å². The second-order valence-corrected chi connectivity index (χ2v) is 4.95. The van der Waals surface area contributed by atoms with Crippen LogP contribution in [0.3, 0.4) is 0 Å². The summed E-state index contributed by atoms with van der Waals surface area (Å²) < 4.78 is 16.5. The molecule has 1 N–H and O–H groups in total. The molecule has 0 aliphatic carbocycles. The van der Waals surface area contributed by atoms with E-state index >= 15 is 0 Å². The molecule has 1 aliphatic rings. The number of rotatable bonds is 6. The molecule has 1 aromatic rings. The third-order valence-corrected chi connectivity index (χ3v) is 3.36. The minimum atomic E-state index is 0.0774. The molecule has 21 heavy (non-hydrogen) atoms. The van der Waals surface area contributed by atoms with Crippen LogP contribution in [-0.4, -0.2) is 38.1 Å². The Labute approximate surface area is 126 Å². The van der Waals surface area contributed by atoms with E-state index < -0.39 is 0 Å². The standard InChI is InChI=1S/C17H22O4/c1-19-16-8-7-14(5-2-3-9-18)15(11-16)12-20-13-17-6-4-10-21-17/h7-8,11,17-18H,3-4,6,9-10,12-13H2,1H3. The lowest BCUT2D eigenvalue weighted by Crippen LogP contribution is -2.14. The van der Waals surface area contributed by atoms with Crippen molar-refractivity contribution in [3.63, 3.8) is 0 Å². The van der Waals surface area contributed by atoms with Crippen LogP contribution < -0.4 is 4.74 Å². The molecule has 114 valence electrons. The Morgan fingerprint density at radius 3 is 3.05 bits per heavy atom. The van der Waals surface area contributed by atoms with Crippen LogP contribution in [0.2, 0.25) is 0 Å². The summed E-state index contributed by atoms with van der Waals surface area (Å²) >= 11 is 0. The zero-order valence-electron chi connectivity index (χ0n) is 12.4. The summed E-state index contributed by atoms with van der Waals surface area (Å²) in [6.07, 6.45) is 2.88. The summed E-state index contributed by atoms with van der Waals surface area (Å²) in [6, 6.07) is 5.75. The molecule has 1 aromatic carbocycles. The molecule has 1 fully saturated rings. The van der Waals surface area contributed by atoms with E-state index in [0.29, 0.717) is 19.6 Å². The number of ether oxygens (including phenoxy) is 3. The number of hydrogen-bond acceptors (Lipinski definition) is 4. The first-order chi connectivity index (χ1) is 10.3. The van der Waals surface area contributed by atoms with Gasteiger partial charge >= 0.3 is 0 Å². The van der Waals surface area contributed by atoms with E-state index in [0.717, 1.165) is 36.3 Å². The third-order valence-electron chi connectivity index (χ3n) is 3.36. The Morgan fingerprint density at radius 2 is 2.33 bits per heavy atom. The second-order valence-electron chi connectivity index (χ2n) is 4.95. The maximum Gasteiger partial charge on any atom is 0.119 e. The molecule has 4 nitrogen and oxygen atoms in total. The fourth-order valence-corrected chi connectivity index (χ4v) is 2.23. The molecule has 0 radical (unpaired) electrons. The van der Waals surface area contributed by atoms with Crippen molar-refractivity contribution in [2.24, 2.45) is 0 Å². The predicted octanol–water partition coefficient (Wildman–Crippen LogP) is 2.12. The average Bonchev–Trinajstić information content (AvgIpc) is 3.02. The Balaban J connectivity index is 1.98. The number of benzene rings is 1. The van der Waals surface area contributed by atoms with Crippen molar-refractivity contribution >= 4 is 0 Å². The molecule has 4 heteroatoms. The highest BCUT2D eigenvalue weighted by atomic mass is 16.5. The molecule has 0 bridgehead atoms. The van der Waals surface area contributed by atoms with Crippen LogP contribution in [0.25, 0.3) is 0 Å². The summed E-state index contributed by atoms with van der Waals surface area (Å²) in [7, 11) is 1.64. The summed E-state index contributed by atoms with van der Waals surface area (Å²) in [5.74, 6) is 6.80. The largest absolute Gasteiger partial charge is 0.497 e. The first-order valence-corrected chi connectivity index (χ1v) is 7.29. The molecule has 1 aliphatic heterocycles. The second kappa shape index (κ2) is 8.68. The molecule has 0 aromatic heterocycles. The van der Waals surface area contributed by atoms with Crippen molar-refractivity contribution in [3.05, 3.63) is 29.3 Å². The van der Waals surface area contributed by atoms with E-state index in [1.165, 1.54) is 0 Å². The smallest absolute Gasteiger partial charge is 0.119 e. The average molecular weight is 290 g/mol. The van der Waals surface area contributed by atoms with Gasteiger partial charge in [0.05, 0.1) is 33.0 Å². The summed E-state index contributed by atoms with van der Waals surface area (Å²) in [4.78, 5) is 0. The van der Waals surface area contributed by atoms with Crippen molar-refractivity contribution < 1.29 is 19.3 Å². The van der Waals surface area contributed by atoms with Gasteiger partial charge in [0.1, 0.15) is 5.75 Å². The third kappa shape index (κ3) is 5.05. The van der Waals surface area contributed by atoms with E-state index in [2.05, 4.69) is 11.8 Å². The summed E-state index contributed by atoms with van der Waals surface area (Å²) in [5.41, 5.74) is 1.91. The Hall–Kier alpha value is -1.54. The van der Waals surface area contributed by atoms with Crippen LogP contribution in [0.4, 0.5) is 0 Å². The number of methoxy groups -OCH3 is 1. The van der Waals surface area contributed by atoms with Gasteiger partial charge in [0.2, 0.25) is 0 Å². The van der Waals surface area contributed by atoms with Gasteiger partial charge in [-0.05, 0) is 36.6 Å². The molecule has 0 saturated carbocycles. The van der Waals surface area contributed by atoms with Crippen molar-refractivity contribution in [1.82, 2.24) is 0 Å². The molecule has 1 saturated heterocycles. The van der Waals surface area contributed by atoms with Crippen molar-refractivity contribution in [3.8, 4) is 17.6 Å². The SMILES string of the molecule is COc1ccc(C#CCCO)c(COCC2CCCO2)c1. The highest BCUT2D eigenvalue weighted by Gasteiger charge is 2.15. The van der Waals surface area contributed by atoms with Crippen LogP contribution in [0.5, 0.6) is 5.75 Å². The normalized spacial score (nSPS) is 17.3. The lowest BCUT2D eigenvalue weighted by molar-refractivity contribution is 0.0105. The number of aliphatic hydroxyl groups excluding tert-OH is 1. The van der Waals surface area contributed by atoms with Gasteiger partial charge in [-0.25, -0.2) is 0 Å². The van der Waals surface area contributed by atoms with Gasteiger partial charge in [0, 0.05) is 18.6 Å². The fourth-order valence-electron chi connectivity index (χ4n) is 2.23. The maximum atomic E-state index is 8.80. The topological polar surface area (TPSA) is 47.9 Å². The molecule has 0 spiro atoms. The van der Waals surface area contributed by atoms with E-state index in [1.54, 1.807) is 7.11 Å². The predicted molar refractivity (Wildman–Crippen MR) is 80.2 cm³/mol.